The summed E-state index contributed by atoms with van der Waals surface area (Å²) >= 11 is 0. The van der Waals surface area contributed by atoms with Gasteiger partial charge in [-0.05, 0) is 54.7 Å². The van der Waals surface area contributed by atoms with Gasteiger partial charge in [-0.1, -0.05) is 27.4 Å². The quantitative estimate of drug-likeness (QED) is 0.266. The Morgan fingerprint density at radius 3 is 2.08 bits per heavy atom. The highest BCUT2D eigenvalue weighted by molar-refractivity contribution is 5.93. The summed E-state index contributed by atoms with van der Waals surface area (Å²) in [4.78, 5) is 60.9. The lowest BCUT2D eigenvalue weighted by Crippen LogP contribution is -2.63. The van der Waals surface area contributed by atoms with Crippen molar-refractivity contribution in [2.75, 3.05) is 6.61 Å². The maximum absolute atomic E-state index is 13.9. The molecule has 2 rings (SSSR count). The number of carbonyl (C=O) groups excluding carboxylic acids is 5. The number of hydrogen-bond donors (Lipinski definition) is 0. The maximum atomic E-state index is 13.9. The largest absolute Gasteiger partial charge is 0.462 e. The highest BCUT2D eigenvalue weighted by Gasteiger charge is 2.64. The Kier molecular flexibility index (Phi) is 9.49. The first-order chi connectivity index (χ1) is 17.0. The van der Waals surface area contributed by atoms with Crippen LogP contribution in [0, 0.1) is 22.7 Å². The molecule has 0 amide bonds. The van der Waals surface area contributed by atoms with Crippen LogP contribution in [0.25, 0.3) is 0 Å². The Bertz CT molecular complexity index is 992. The predicted octanol–water partition coefficient (Wildman–Crippen LogP) is 3.88. The van der Waals surface area contributed by atoms with Gasteiger partial charge in [0.05, 0.1) is 0 Å². The number of carbonyl (C=O) groups is 5. The normalized spacial score (nSPS) is 30.0. The van der Waals surface area contributed by atoms with Gasteiger partial charge in [0.15, 0.2) is 11.9 Å². The van der Waals surface area contributed by atoms with E-state index in [-0.39, 0.29) is 24.7 Å². The van der Waals surface area contributed by atoms with Crippen LogP contribution in [-0.4, -0.2) is 54.6 Å². The highest BCUT2D eigenvalue weighted by atomic mass is 16.6. The number of ether oxygens (including phenoxy) is 4. The van der Waals surface area contributed by atoms with Crippen LogP contribution in [0.5, 0.6) is 0 Å². The summed E-state index contributed by atoms with van der Waals surface area (Å²) in [5.41, 5.74) is -0.270. The van der Waals surface area contributed by atoms with Crippen molar-refractivity contribution in [3.8, 4) is 0 Å². The van der Waals surface area contributed by atoms with Crippen LogP contribution < -0.4 is 0 Å². The lowest BCUT2D eigenvalue weighted by molar-refractivity contribution is -0.188. The van der Waals surface area contributed by atoms with Crippen molar-refractivity contribution in [2.24, 2.45) is 22.7 Å². The fourth-order valence-corrected chi connectivity index (χ4v) is 6.30. The molecule has 2 aliphatic carbocycles. The standard InChI is InChI=1S/C28H40O9/c1-15(11-13-34-17(3)29)22(35-18(4)30)14-21-16(2)25(37-20(6)32)24(33)26-27(7,8)23(36-19(5)31)10-12-28(21,26)9/h11,21-23,25-26H,2,10,12-14H2,1,3-9H3/b15-11+/t21-,22+,23-,25+,26-,28-/m1/s1. The molecule has 2 fully saturated rings. The second kappa shape index (κ2) is 11.6. The summed E-state index contributed by atoms with van der Waals surface area (Å²) in [5.74, 6) is -3.22. The van der Waals surface area contributed by atoms with Crippen LogP contribution in [-0.2, 0) is 42.9 Å². The molecule has 2 saturated carbocycles. The van der Waals surface area contributed by atoms with E-state index >= 15 is 0 Å². The van der Waals surface area contributed by atoms with Gasteiger partial charge < -0.3 is 18.9 Å². The van der Waals surface area contributed by atoms with Crippen LogP contribution >= 0.6 is 0 Å². The highest BCUT2D eigenvalue weighted by Crippen LogP contribution is 2.61. The number of Topliss-reactive ketones (excluding diaryl/α,β-unsaturated/α-hetero) is 1. The zero-order valence-electron chi connectivity index (χ0n) is 23.2. The van der Waals surface area contributed by atoms with Gasteiger partial charge in [0, 0.05) is 39.0 Å². The van der Waals surface area contributed by atoms with E-state index in [4.69, 9.17) is 18.9 Å². The van der Waals surface area contributed by atoms with E-state index in [9.17, 15) is 24.0 Å². The molecule has 0 saturated heterocycles. The van der Waals surface area contributed by atoms with Crippen LogP contribution in [0.4, 0.5) is 0 Å². The van der Waals surface area contributed by atoms with Crippen molar-refractivity contribution in [1.82, 2.24) is 0 Å². The molecule has 0 aromatic rings. The molecule has 0 spiro atoms. The Morgan fingerprint density at radius 1 is 0.973 bits per heavy atom. The monoisotopic (exact) mass is 520 g/mol. The van der Waals surface area contributed by atoms with Gasteiger partial charge in [-0.15, -0.1) is 0 Å². The van der Waals surface area contributed by atoms with Crippen molar-refractivity contribution >= 4 is 29.7 Å². The number of hydrogen-bond acceptors (Lipinski definition) is 9. The molecule has 0 aromatic heterocycles. The van der Waals surface area contributed by atoms with E-state index in [2.05, 4.69) is 6.58 Å². The van der Waals surface area contributed by atoms with Gasteiger partial charge in [-0.2, -0.15) is 0 Å². The lowest BCUT2D eigenvalue weighted by atomic mass is 9.45. The molecule has 37 heavy (non-hydrogen) atoms. The van der Waals surface area contributed by atoms with Gasteiger partial charge in [-0.3, -0.25) is 24.0 Å². The van der Waals surface area contributed by atoms with Crippen LogP contribution in [0.2, 0.25) is 0 Å². The van der Waals surface area contributed by atoms with E-state index in [1.165, 1.54) is 27.7 Å². The maximum Gasteiger partial charge on any atom is 0.303 e. The van der Waals surface area contributed by atoms with Crippen molar-refractivity contribution in [1.29, 1.82) is 0 Å². The van der Waals surface area contributed by atoms with Crippen molar-refractivity contribution in [2.45, 2.75) is 93.0 Å². The molecule has 9 heteroatoms. The average molecular weight is 521 g/mol. The first-order valence-electron chi connectivity index (χ1n) is 12.6. The zero-order chi connectivity index (χ0) is 28.3. The van der Waals surface area contributed by atoms with Gasteiger partial charge in [0.25, 0.3) is 0 Å². The van der Waals surface area contributed by atoms with E-state index in [0.717, 1.165) is 0 Å². The molecular formula is C28H40O9. The minimum Gasteiger partial charge on any atom is -0.462 e. The molecule has 0 aromatic carbocycles. The summed E-state index contributed by atoms with van der Waals surface area (Å²) in [5, 5.41) is 0. The number of rotatable bonds is 8. The van der Waals surface area contributed by atoms with Crippen LogP contribution in [0.3, 0.4) is 0 Å². The molecule has 6 atom stereocenters. The van der Waals surface area contributed by atoms with E-state index < -0.39 is 58.9 Å². The second-order valence-corrected chi connectivity index (χ2v) is 11.0. The van der Waals surface area contributed by atoms with Gasteiger partial charge in [0.1, 0.15) is 18.8 Å². The smallest absolute Gasteiger partial charge is 0.303 e. The van der Waals surface area contributed by atoms with E-state index in [1.54, 1.807) is 13.0 Å². The SMILES string of the molecule is C=C1[C@H](OC(C)=O)C(=O)[C@@H]2C(C)(C)[C@H](OC(C)=O)CC[C@]2(C)[C@@H]1C[C@H](OC(C)=O)/C(C)=C/COC(C)=O. The van der Waals surface area contributed by atoms with Gasteiger partial charge >= 0.3 is 23.9 Å². The molecule has 0 heterocycles. The fourth-order valence-electron chi connectivity index (χ4n) is 6.30. The molecule has 2 aliphatic rings. The lowest BCUT2D eigenvalue weighted by Gasteiger charge is -2.59. The third-order valence-electron chi connectivity index (χ3n) is 7.85. The summed E-state index contributed by atoms with van der Waals surface area (Å²) in [6.07, 6.45) is 0.696. The van der Waals surface area contributed by atoms with E-state index in [0.29, 0.717) is 24.0 Å². The Labute approximate surface area is 218 Å². The Hall–Kier alpha value is -2.97. The summed E-state index contributed by atoms with van der Waals surface area (Å²) < 4.78 is 21.8. The Morgan fingerprint density at radius 2 is 1.57 bits per heavy atom. The zero-order valence-corrected chi connectivity index (χ0v) is 23.2. The third kappa shape index (κ3) is 6.67. The number of fused-ring (bicyclic) bond motifs is 1. The third-order valence-corrected chi connectivity index (χ3v) is 7.85. The van der Waals surface area contributed by atoms with E-state index in [1.807, 2.05) is 20.8 Å². The summed E-state index contributed by atoms with van der Waals surface area (Å²) in [6, 6.07) is 0. The summed E-state index contributed by atoms with van der Waals surface area (Å²) in [6.45, 7) is 17.0. The number of esters is 4. The molecule has 0 aliphatic heterocycles. The molecule has 9 nitrogen and oxygen atoms in total. The van der Waals surface area contributed by atoms with Crippen molar-refractivity contribution < 1.29 is 42.9 Å². The van der Waals surface area contributed by atoms with Gasteiger partial charge in [0.2, 0.25) is 0 Å². The van der Waals surface area contributed by atoms with Crippen molar-refractivity contribution in [3.05, 3.63) is 23.8 Å². The minimum absolute atomic E-state index is 0.0239. The molecule has 0 radical (unpaired) electrons. The molecule has 0 N–H and O–H groups in total. The first kappa shape index (κ1) is 30.3. The molecule has 206 valence electrons. The van der Waals surface area contributed by atoms with Crippen LogP contribution in [0.1, 0.15) is 74.7 Å². The average Bonchev–Trinajstić information content (AvgIpc) is 2.74. The Balaban J connectivity index is 2.56. The minimum atomic E-state index is -1.17. The topological polar surface area (TPSA) is 122 Å². The van der Waals surface area contributed by atoms with Crippen molar-refractivity contribution in [3.63, 3.8) is 0 Å². The molecule has 0 unspecified atom stereocenters. The second-order valence-electron chi connectivity index (χ2n) is 11.0. The van der Waals surface area contributed by atoms with Gasteiger partial charge in [-0.25, -0.2) is 0 Å². The predicted molar refractivity (Wildman–Crippen MR) is 134 cm³/mol. The molecule has 0 bridgehead atoms. The summed E-state index contributed by atoms with van der Waals surface area (Å²) in [7, 11) is 0. The van der Waals surface area contributed by atoms with Crippen LogP contribution in [0.15, 0.2) is 23.8 Å². The first-order valence-corrected chi connectivity index (χ1v) is 12.6. The number of ketones is 1. The molecular weight excluding hydrogens is 480 g/mol. The fraction of sp³-hybridized carbons (Fsp3) is 0.679.